The molecule has 8 nitrogen and oxygen atoms in total. The van der Waals surface area contributed by atoms with Crippen LogP contribution in [0, 0.1) is 0 Å². The highest BCUT2D eigenvalue weighted by molar-refractivity contribution is 7.45. The fraction of sp³-hybridized carbons (Fsp3) is 0.821. The van der Waals surface area contributed by atoms with Gasteiger partial charge in [-0.25, -0.2) is 0 Å². The van der Waals surface area contributed by atoms with E-state index in [-0.39, 0.29) is 19.1 Å². The number of likely N-dealkylation sites (N-methyl/N-ethyl adjacent to an activating group) is 1. The van der Waals surface area contributed by atoms with E-state index in [4.69, 9.17) is 9.05 Å². The molecule has 0 aromatic heterocycles. The number of rotatable bonds is 34. The molecule has 0 spiro atoms. The number of nitrogens with zero attached hydrogens (tertiary/aromatic N) is 1. The second-order valence-corrected chi connectivity index (χ2v) is 15.7. The molecule has 0 aliphatic carbocycles. The van der Waals surface area contributed by atoms with E-state index in [0.29, 0.717) is 17.4 Å². The second kappa shape index (κ2) is 31.7. The third-order valence-corrected chi connectivity index (χ3v) is 9.29. The van der Waals surface area contributed by atoms with Crippen LogP contribution < -0.4 is 10.2 Å². The maximum atomic E-state index is 12.6. The zero-order valence-corrected chi connectivity index (χ0v) is 32.6. The van der Waals surface area contributed by atoms with E-state index >= 15 is 0 Å². The molecule has 0 aromatic carbocycles. The summed E-state index contributed by atoms with van der Waals surface area (Å²) < 4.78 is 22.8. The highest BCUT2D eigenvalue weighted by Crippen LogP contribution is 2.38. The number of carbonyl (C=O) groups excluding carboxylic acids is 1. The first-order valence-corrected chi connectivity index (χ1v) is 20.8. The molecule has 0 aliphatic heterocycles. The number of phosphoric acid groups is 1. The first-order valence-electron chi connectivity index (χ1n) is 19.4. The minimum Gasteiger partial charge on any atom is -0.756 e. The van der Waals surface area contributed by atoms with Crippen LogP contribution in [0.25, 0.3) is 0 Å². The SMILES string of the molecule is CCC/C=C/C(O)C(COP(=O)([O-])OCC[N+](C)(C)C)NC(=O)CCCCCCCCCCCCC/C=C\C/C=C\CCCCCCC. The number of unbranched alkanes of at least 4 members (excludes halogenated alkanes) is 17. The van der Waals surface area contributed by atoms with Crippen LogP contribution in [0.3, 0.4) is 0 Å². The number of quaternary nitrogens is 1. The largest absolute Gasteiger partial charge is 0.756 e. The summed E-state index contributed by atoms with van der Waals surface area (Å²) in [5, 5.41) is 13.4. The van der Waals surface area contributed by atoms with Crippen LogP contribution >= 0.6 is 7.82 Å². The molecule has 48 heavy (non-hydrogen) atoms. The topological polar surface area (TPSA) is 108 Å². The van der Waals surface area contributed by atoms with Gasteiger partial charge < -0.3 is 28.8 Å². The quantitative estimate of drug-likeness (QED) is 0.0300. The Morgan fingerprint density at radius 2 is 1.25 bits per heavy atom. The zero-order chi connectivity index (χ0) is 35.8. The number of hydrogen-bond acceptors (Lipinski definition) is 6. The molecule has 0 heterocycles. The van der Waals surface area contributed by atoms with Gasteiger partial charge in [0.25, 0.3) is 7.82 Å². The third kappa shape index (κ3) is 33.2. The molecule has 2 N–H and O–H groups in total. The Morgan fingerprint density at radius 3 is 1.77 bits per heavy atom. The number of nitrogens with one attached hydrogen (secondary N) is 1. The van der Waals surface area contributed by atoms with Gasteiger partial charge in [-0.2, -0.15) is 0 Å². The van der Waals surface area contributed by atoms with Gasteiger partial charge in [-0.05, 0) is 44.9 Å². The Hall–Kier alpha value is -1.28. The molecule has 282 valence electrons. The number of allylic oxidation sites excluding steroid dienone is 5. The fourth-order valence-corrected chi connectivity index (χ4v) is 5.91. The Morgan fingerprint density at radius 1 is 0.729 bits per heavy atom. The molecule has 0 aromatic rings. The van der Waals surface area contributed by atoms with Crippen molar-refractivity contribution in [2.45, 2.75) is 167 Å². The highest BCUT2D eigenvalue weighted by Gasteiger charge is 2.23. The van der Waals surface area contributed by atoms with E-state index < -0.39 is 20.0 Å². The third-order valence-electron chi connectivity index (χ3n) is 8.33. The summed E-state index contributed by atoms with van der Waals surface area (Å²) in [7, 11) is 1.25. The summed E-state index contributed by atoms with van der Waals surface area (Å²) in [5.41, 5.74) is 0. The maximum Gasteiger partial charge on any atom is 0.268 e. The standard InChI is InChI=1S/C39H75N2O6P/c1-6-8-10-11-12-13-14-15-16-17-18-19-20-21-22-23-24-25-26-27-28-29-31-33-39(43)40-37(38(42)32-30-9-7-2)36-47-48(44,45)46-35-34-41(3,4)5/h14-15,17-18,30,32,37-38,42H,6-13,16,19-29,31,33-36H2,1-5H3,(H-,40,43,44,45)/b15-14-,18-17-,32-30+. The lowest BCUT2D eigenvalue weighted by Gasteiger charge is -2.29. The first-order chi connectivity index (χ1) is 23.0. The van der Waals surface area contributed by atoms with Crippen LogP contribution in [0.2, 0.25) is 0 Å². The number of hydrogen-bond donors (Lipinski definition) is 2. The monoisotopic (exact) mass is 699 g/mol. The van der Waals surface area contributed by atoms with Crippen molar-refractivity contribution in [2.75, 3.05) is 40.9 Å². The van der Waals surface area contributed by atoms with Crippen LogP contribution in [0.4, 0.5) is 0 Å². The lowest BCUT2D eigenvalue weighted by atomic mass is 10.0. The van der Waals surface area contributed by atoms with E-state index in [1.165, 1.54) is 96.3 Å². The molecule has 3 unspecified atom stereocenters. The molecule has 0 saturated carbocycles. The van der Waals surface area contributed by atoms with Gasteiger partial charge in [0.15, 0.2) is 0 Å². The molecule has 0 fully saturated rings. The van der Waals surface area contributed by atoms with Gasteiger partial charge in [0.2, 0.25) is 5.91 Å². The molecule has 0 rings (SSSR count). The van der Waals surface area contributed by atoms with E-state index in [1.54, 1.807) is 6.08 Å². The second-order valence-electron chi connectivity index (χ2n) is 14.3. The minimum atomic E-state index is -4.56. The number of carbonyl (C=O) groups is 1. The highest BCUT2D eigenvalue weighted by atomic mass is 31.2. The summed E-state index contributed by atoms with van der Waals surface area (Å²) in [6.07, 6.45) is 37.1. The van der Waals surface area contributed by atoms with Crippen LogP contribution in [0.5, 0.6) is 0 Å². The maximum absolute atomic E-state index is 12.6. The van der Waals surface area contributed by atoms with Crippen molar-refractivity contribution in [1.82, 2.24) is 5.32 Å². The Labute approximate surface area is 296 Å². The van der Waals surface area contributed by atoms with Crippen molar-refractivity contribution in [3.05, 3.63) is 36.5 Å². The molecule has 0 saturated heterocycles. The summed E-state index contributed by atoms with van der Waals surface area (Å²) >= 11 is 0. The zero-order valence-electron chi connectivity index (χ0n) is 31.7. The Bertz CT molecular complexity index is 886. The molecule has 0 bridgehead atoms. The number of phosphoric ester groups is 1. The van der Waals surface area contributed by atoms with Gasteiger partial charge in [-0.3, -0.25) is 9.36 Å². The van der Waals surface area contributed by atoms with Crippen molar-refractivity contribution in [3.63, 3.8) is 0 Å². The average molecular weight is 699 g/mol. The number of amides is 1. The summed E-state index contributed by atoms with van der Waals surface area (Å²) in [6.45, 7) is 4.39. The smallest absolute Gasteiger partial charge is 0.268 e. The number of aliphatic hydroxyl groups is 1. The fourth-order valence-electron chi connectivity index (χ4n) is 5.19. The lowest BCUT2D eigenvalue weighted by molar-refractivity contribution is -0.870. The van der Waals surface area contributed by atoms with Crippen LogP contribution in [0.15, 0.2) is 36.5 Å². The van der Waals surface area contributed by atoms with Gasteiger partial charge in [-0.15, -0.1) is 0 Å². The Kier molecular flexibility index (Phi) is 30.8. The minimum absolute atomic E-state index is 0.00372. The summed E-state index contributed by atoms with van der Waals surface area (Å²) in [4.78, 5) is 24.9. The molecule has 0 aliphatic rings. The summed E-state index contributed by atoms with van der Waals surface area (Å²) in [6, 6.07) is -0.881. The van der Waals surface area contributed by atoms with Crippen molar-refractivity contribution in [3.8, 4) is 0 Å². The van der Waals surface area contributed by atoms with Gasteiger partial charge in [0, 0.05) is 6.42 Å². The first kappa shape index (κ1) is 46.7. The van der Waals surface area contributed by atoms with Crippen LogP contribution in [-0.2, 0) is 18.4 Å². The van der Waals surface area contributed by atoms with E-state index in [1.807, 2.05) is 34.1 Å². The lowest BCUT2D eigenvalue weighted by Crippen LogP contribution is -2.45. The summed E-state index contributed by atoms with van der Waals surface area (Å²) in [5.74, 6) is -0.214. The average Bonchev–Trinajstić information content (AvgIpc) is 3.02. The molecule has 1 amide bonds. The normalized spacial score (nSPS) is 15.1. The van der Waals surface area contributed by atoms with E-state index in [9.17, 15) is 19.4 Å². The number of aliphatic hydroxyl groups excluding tert-OH is 1. The van der Waals surface area contributed by atoms with Crippen molar-refractivity contribution in [1.29, 1.82) is 0 Å². The van der Waals surface area contributed by atoms with Gasteiger partial charge in [0.1, 0.15) is 13.2 Å². The van der Waals surface area contributed by atoms with Gasteiger partial charge in [0.05, 0.1) is 39.9 Å². The van der Waals surface area contributed by atoms with Gasteiger partial charge >= 0.3 is 0 Å². The molecular formula is C39H75N2O6P. The molecule has 9 heteroatoms. The molecule has 0 radical (unpaired) electrons. The Balaban J connectivity index is 3.98. The predicted molar refractivity (Wildman–Crippen MR) is 201 cm³/mol. The van der Waals surface area contributed by atoms with Gasteiger partial charge in [-0.1, -0.05) is 140 Å². The molecular weight excluding hydrogens is 623 g/mol. The van der Waals surface area contributed by atoms with Crippen molar-refractivity contribution < 1.29 is 32.9 Å². The van der Waals surface area contributed by atoms with Crippen molar-refractivity contribution >= 4 is 13.7 Å². The van der Waals surface area contributed by atoms with Crippen LogP contribution in [0.1, 0.15) is 155 Å². The van der Waals surface area contributed by atoms with E-state index in [0.717, 1.165) is 38.5 Å². The predicted octanol–water partition coefficient (Wildman–Crippen LogP) is 9.33. The van der Waals surface area contributed by atoms with Crippen LogP contribution in [-0.4, -0.2) is 68.5 Å². The van der Waals surface area contributed by atoms with E-state index in [2.05, 4.69) is 36.5 Å². The molecule has 3 atom stereocenters. The van der Waals surface area contributed by atoms with Crippen molar-refractivity contribution in [2.24, 2.45) is 0 Å².